The number of Topliss-reactive ketones (excluding diaryl/α,β-unsaturated/α-hetero) is 1. The van der Waals surface area contributed by atoms with Crippen LogP contribution in [0.4, 0.5) is 0 Å². The van der Waals surface area contributed by atoms with Crippen LogP contribution in [-0.4, -0.2) is 11.3 Å². The lowest BCUT2D eigenvalue weighted by atomic mass is 9.95. The highest BCUT2D eigenvalue weighted by atomic mass is 16.1. The molecule has 0 saturated carbocycles. The van der Waals surface area contributed by atoms with Gasteiger partial charge in [-0.15, -0.1) is 0 Å². The molecular formula is C13H19NO. The van der Waals surface area contributed by atoms with Gasteiger partial charge in [0.15, 0.2) is 5.78 Å². The van der Waals surface area contributed by atoms with Gasteiger partial charge in [0.05, 0.1) is 5.54 Å². The molecular weight excluding hydrogens is 186 g/mol. The Kier molecular flexibility index (Phi) is 4.04. The summed E-state index contributed by atoms with van der Waals surface area (Å²) in [6, 6.07) is 10.2. The van der Waals surface area contributed by atoms with Gasteiger partial charge in [-0.05, 0) is 32.3 Å². The number of ketones is 1. The smallest absolute Gasteiger partial charge is 0.152 e. The molecule has 2 nitrogen and oxygen atoms in total. The highest BCUT2D eigenvalue weighted by Crippen LogP contribution is 2.09. The van der Waals surface area contributed by atoms with Crippen LogP contribution in [0.2, 0.25) is 0 Å². The number of hydrogen-bond acceptors (Lipinski definition) is 2. The molecule has 0 fully saturated rings. The normalized spacial score (nSPS) is 11.4. The SMILES string of the molecule is CC(C)(N)C(=O)CCCc1ccccc1. The first-order valence-electron chi connectivity index (χ1n) is 5.36. The summed E-state index contributed by atoms with van der Waals surface area (Å²) in [5.41, 5.74) is 6.30. The highest BCUT2D eigenvalue weighted by molar-refractivity contribution is 5.87. The molecule has 82 valence electrons. The first-order valence-corrected chi connectivity index (χ1v) is 5.36. The Bertz CT molecular complexity index is 311. The standard InChI is InChI=1S/C13H19NO/c1-13(2,14)12(15)10-6-9-11-7-4-3-5-8-11/h3-5,7-8H,6,9-10,14H2,1-2H3. The van der Waals surface area contributed by atoms with Gasteiger partial charge < -0.3 is 5.73 Å². The second-order valence-corrected chi connectivity index (χ2v) is 4.48. The quantitative estimate of drug-likeness (QED) is 0.801. The molecule has 2 heteroatoms. The van der Waals surface area contributed by atoms with E-state index in [0.29, 0.717) is 6.42 Å². The van der Waals surface area contributed by atoms with E-state index in [1.807, 2.05) is 18.2 Å². The van der Waals surface area contributed by atoms with Crippen LogP contribution in [0.25, 0.3) is 0 Å². The molecule has 15 heavy (non-hydrogen) atoms. The monoisotopic (exact) mass is 205 g/mol. The van der Waals surface area contributed by atoms with E-state index in [1.165, 1.54) is 5.56 Å². The number of nitrogens with two attached hydrogens (primary N) is 1. The molecule has 1 aromatic carbocycles. The summed E-state index contributed by atoms with van der Waals surface area (Å²) >= 11 is 0. The van der Waals surface area contributed by atoms with Crippen molar-refractivity contribution in [1.29, 1.82) is 0 Å². The number of carbonyl (C=O) groups excluding carboxylic acids is 1. The number of hydrogen-bond donors (Lipinski definition) is 1. The summed E-state index contributed by atoms with van der Waals surface area (Å²) in [7, 11) is 0. The van der Waals surface area contributed by atoms with Crippen molar-refractivity contribution in [3.8, 4) is 0 Å². The van der Waals surface area contributed by atoms with E-state index in [2.05, 4.69) is 12.1 Å². The predicted molar refractivity (Wildman–Crippen MR) is 62.7 cm³/mol. The Morgan fingerprint density at radius 1 is 1.27 bits per heavy atom. The van der Waals surface area contributed by atoms with Crippen molar-refractivity contribution < 1.29 is 4.79 Å². The third-order valence-corrected chi connectivity index (χ3v) is 2.43. The molecule has 2 N–H and O–H groups in total. The van der Waals surface area contributed by atoms with Crippen molar-refractivity contribution >= 4 is 5.78 Å². The Labute approximate surface area is 91.5 Å². The van der Waals surface area contributed by atoms with Crippen LogP contribution in [0.3, 0.4) is 0 Å². The van der Waals surface area contributed by atoms with Gasteiger partial charge >= 0.3 is 0 Å². The predicted octanol–water partition coefficient (Wildman–Crippen LogP) is 2.32. The number of benzene rings is 1. The van der Waals surface area contributed by atoms with Crippen LogP contribution in [0.1, 0.15) is 32.3 Å². The Morgan fingerprint density at radius 3 is 2.40 bits per heavy atom. The number of carbonyl (C=O) groups is 1. The molecule has 0 unspecified atom stereocenters. The van der Waals surface area contributed by atoms with Gasteiger partial charge in [0.2, 0.25) is 0 Å². The minimum atomic E-state index is -0.684. The molecule has 0 amide bonds. The summed E-state index contributed by atoms with van der Waals surface area (Å²) in [6.07, 6.45) is 2.39. The molecule has 0 aromatic heterocycles. The van der Waals surface area contributed by atoms with Crippen molar-refractivity contribution in [2.75, 3.05) is 0 Å². The highest BCUT2D eigenvalue weighted by Gasteiger charge is 2.20. The van der Waals surface area contributed by atoms with E-state index < -0.39 is 5.54 Å². The Balaban J connectivity index is 2.32. The summed E-state index contributed by atoms with van der Waals surface area (Å²) < 4.78 is 0. The molecule has 0 aliphatic rings. The third kappa shape index (κ3) is 4.26. The van der Waals surface area contributed by atoms with E-state index in [9.17, 15) is 4.79 Å². The van der Waals surface area contributed by atoms with Crippen LogP contribution in [0.15, 0.2) is 30.3 Å². The number of rotatable bonds is 5. The van der Waals surface area contributed by atoms with Gasteiger partial charge in [-0.25, -0.2) is 0 Å². The van der Waals surface area contributed by atoms with Gasteiger partial charge in [0.25, 0.3) is 0 Å². The second kappa shape index (κ2) is 5.08. The first kappa shape index (κ1) is 11.9. The molecule has 0 aliphatic heterocycles. The average Bonchev–Trinajstić information content (AvgIpc) is 2.18. The van der Waals surface area contributed by atoms with Crippen LogP contribution in [0.5, 0.6) is 0 Å². The third-order valence-electron chi connectivity index (χ3n) is 2.43. The lowest BCUT2D eigenvalue weighted by Crippen LogP contribution is -2.41. The van der Waals surface area contributed by atoms with Gasteiger partial charge in [0, 0.05) is 6.42 Å². The largest absolute Gasteiger partial charge is 0.319 e. The fraction of sp³-hybridized carbons (Fsp3) is 0.462. The van der Waals surface area contributed by atoms with Crippen molar-refractivity contribution in [2.24, 2.45) is 5.73 Å². The Morgan fingerprint density at radius 2 is 1.87 bits per heavy atom. The molecule has 0 heterocycles. The zero-order chi connectivity index (χ0) is 11.3. The van der Waals surface area contributed by atoms with Crippen LogP contribution < -0.4 is 5.73 Å². The van der Waals surface area contributed by atoms with Crippen molar-refractivity contribution in [3.05, 3.63) is 35.9 Å². The molecule has 0 bridgehead atoms. The fourth-order valence-corrected chi connectivity index (χ4v) is 1.42. The maximum absolute atomic E-state index is 11.5. The molecule has 0 atom stereocenters. The van der Waals surface area contributed by atoms with Gasteiger partial charge in [-0.2, -0.15) is 0 Å². The van der Waals surface area contributed by atoms with Crippen LogP contribution in [-0.2, 0) is 11.2 Å². The molecule has 0 radical (unpaired) electrons. The Hall–Kier alpha value is -1.15. The topological polar surface area (TPSA) is 43.1 Å². The van der Waals surface area contributed by atoms with Crippen LogP contribution in [0, 0.1) is 0 Å². The van der Waals surface area contributed by atoms with Crippen molar-refractivity contribution in [1.82, 2.24) is 0 Å². The molecule has 0 aliphatic carbocycles. The zero-order valence-corrected chi connectivity index (χ0v) is 9.49. The van der Waals surface area contributed by atoms with Gasteiger partial charge in [-0.1, -0.05) is 30.3 Å². The van der Waals surface area contributed by atoms with Crippen molar-refractivity contribution in [2.45, 2.75) is 38.6 Å². The van der Waals surface area contributed by atoms with E-state index in [4.69, 9.17) is 5.73 Å². The van der Waals surface area contributed by atoms with Gasteiger partial charge in [0.1, 0.15) is 0 Å². The summed E-state index contributed by atoms with van der Waals surface area (Å²) in [5.74, 6) is 0.137. The maximum atomic E-state index is 11.5. The summed E-state index contributed by atoms with van der Waals surface area (Å²) in [5, 5.41) is 0. The molecule has 0 saturated heterocycles. The van der Waals surface area contributed by atoms with E-state index in [-0.39, 0.29) is 5.78 Å². The minimum absolute atomic E-state index is 0.137. The summed E-state index contributed by atoms with van der Waals surface area (Å²) in [6.45, 7) is 3.52. The maximum Gasteiger partial charge on any atom is 0.152 e. The lowest BCUT2D eigenvalue weighted by Gasteiger charge is -2.16. The minimum Gasteiger partial charge on any atom is -0.319 e. The first-order chi connectivity index (χ1) is 7.00. The summed E-state index contributed by atoms with van der Waals surface area (Å²) in [4.78, 5) is 11.5. The van der Waals surface area contributed by atoms with Crippen molar-refractivity contribution in [3.63, 3.8) is 0 Å². The second-order valence-electron chi connectivity index (χ2n) is 4.48. The molecule has 1 aromatic rings. The average molecular weight is 205 g/mol. The van der Waals surface area contributed by atoms with Gasteiger partial charge in [-0.3, -0.25) is 4.79 Å². The zero-order valence-electron chi connectivity index (χ0n) is 9.49. The lowest BCUT2D eigenvalue weighted by molar-refractivity contribution is -0.123. The molecule has 1 rings (SSSR count). The fourth-order valence-electron chi connectivity index (χ4n) is 1.42. The van der Waals surface area contributed by atoms with E-state index >= 15 is 0 Å². The van der Waals surface area contributed by atoms with E-state index in [1.54, 1.807) is 13.8 Å². The van der Waals surface area contributed by atoms with E-state index in [0.717, 1.165) is 12.8 Å². The molecule has 0 spiro atoms. The number of aryl methyl sites for hydroxylation is 1. The van der Waals surface area contributed by atoms with Crippen LogP contribution >= 0.6 is 0 Å².